The number of hydrogen-bond donors (Lipinski definition) is 6. The van der Waals surface area contributed by atoms with E-state index in [4.69, 9.17) is 5.73 Å². The molecule has 0 aliphatic carbocycles. The van der Waals surface area contributed by atoms with E-state index in [2.05, 4.69) is 16.0 Å². The minimum Gasteiger partial charge on any atom is -0.391 e. The fourth-order valence-electron chi connectivity index (χ4n) is 10.1. The molecule has 24 nitrogen and oxygen atoms in total. The molecule has 13 atom stereocenters. The van der Waals surface area contributed by atoms with Gasteiger partial charge in [-0.15, -0.1) is 0 Å². The first-order valence-electron chi connectivity index (χ1n) is 30.4. The first-order valence-corrected chi connectivity index (χ1v) is 30.4. The lowest BCUT2D eigenvalue weighted by Gasteiger charge is -2.41. The Hall–Kier alpha value is -6.17. The van der Waals surface area contributed by atoms with Gasteiger partial charge in [0.2, 0.25) is 65.0 Å². The Balaban J connectivity index is 7.14. The van der Waals surface area contributed by atoms with Crippen molar-refractivity contribution >= 4 is 65.0 Å². The monoisotopic (exact) mass is 1220 g/mol. The summed E-state index contributed by atoms with van der Waals surface area (Å²) in [5.74, 6) is -9.33. The number of nitrogens with zero attached hydrogens (tertiary/aromatic N) is 7. The SMILES string of the molecule is C/C=C/C[C@@H](C)[C@H](O)C(C(=O)N[C@H](CC)C(=O)N(C)CC(=O)N(C)C(C(N)=O)[C@H](C)O)N(C)C(=O)[C@@H](C(C)C)N(C)C(=O)[C@@H](CC(C)C)N(C)C(=O)[C@H](CC(C)C)N(C)C(=O)[C@H](C)NC(=O)[C@H](CC(C)C)NC(=O)[C@H](C)N(C)C(=O)[C@H](C)C(C)(C)C. The van der Waals surface area contributed by atoms with Gasteiger partial charge in [-0.2, -0.15) is 0 Å². The summed E-state index contributed by atoms with van der Waals surface area (Å²) in [6.45, 7) is 31.1. The number of hydrogen-bond acceptors (Lipinski definition) is 13. The molecule has 0 aliphatic heterocycles. The van der Waals surface area contributed by atoms with Crippen LogP contribution in [0.3, 0.4) is 0 Å². The molecule has 7 N–H and O–H groups in total. The number of allylic oxidation sites excluding steroid dienone is 2. The molecule has 0 aromatic rings. The number of nitrogens with two attached hydrogens (primary N) is 1. The molecule has 86 heavy (non-hydrogen) atoms. The first kappa shape index (κ1) is 79.8. The molecule has 0 spiro atoms. The molecule has 0 aromatic heterocycles. The van der Waals surface area contributed by atoms with Gasteiger partial charge in [0.1, 0.15) is 54.4 Å². The van der Waals surface area contributed by atoms with Crippen LogP contribution in [-0.2, 0) is 52.7 Å². The number of primary amides is 1. The normalized spacial score (nSPS) is 16.5. The summed E-state index contributed by atoms with van der Waals surface area (Å²) in [4.78, 5) is 162. The zero-order valence-corrected chi connectivity index (χ0v) is 56.8. The molecule has 11 amide bonds. The van der Waals surface area contributed by atoms with Crippen molar-refractivity contribution in [3.63, 3.8) is 0 Å². The Morgan fingerprint density at radius 2 is 0.965 bits per heavy atom. The van der Waals surface area contributed by atoms with E-state index in [1.807, 2.05) is 62.3 Å². The maximum Gasteiger partial charge on any atom is 0.246 e. The summed E-state index contributed by atoms with van der Waals surface area (Å²) < 4.78 is 0. The van der Waals surface area contributed by atoms with E-state index in [9.17, 15) is 53.4 Å². The summed E-state index contributed by atoms with van der Waals surface area (Å²) in [7, 11) is 9.75. The third-order valence-corrected chi connectivity index (χ3v) is 16.3. The Labute approximate surface area is 514 Å². The molecule has 0 bridgehead atoms. The summed E-state index contributed by atoms with van der Waals surface area (Å²) >= 11 is 0. The lowest BCUT2D eigenvalue weighted by atomic mass is 9.81. The van der Waals surface area contributed by atoms with Gasteiger partial charge in [0, 0.05) is 55.3 Å². The minimum atomic E-state index is -1.63. The van der Waals surface area contributed by atoms with E-state index < -0.39 is 150 Å². The van der Waals surface area contributed by atoms with Gasteiger partial charge >= 0.3 is 0 Å². The number of likely N-dealkylation sites (N-methyl/N-ethyl adjacent to an activating group) is 7. The lowest BCUT2D eigenvalue weighted by Crippen LogP contribution is -2.63. The maximum atomic E-state index is 15.1. The molecule has 0 saturated carbocycles. The number of nitrogens with one attached hydrogen (secondary N) is 3. The van der Waals surface area contributed by atoms with Gasteiger partial charge in [-0.3, -0.25) is 52.7 Å². The van der Waals surface area contributed by atoms with E-state index >= 15 is 9.59 Å². The van der Waals surface area contributed by atoms with E-state index in [-0.39, 0.29) is 54.8 Å². The van der Waals surface area contributed by atoms with Crippen LogP contribution in [0.2, 0.25) is 0 Å². The van der Waals surface area contributed by atoms with Crippen molar-refractivity contribution in [2.75, 3.05) is 55.9 Å². The molecular formula is C62H113N11O13. The lowest BCUT2D eigenvalue weighted by molar-refractivity contribution is -0.157. The van der Waals surface area contributed by atoms with E-state index in [1.54, 1.807) is 67.7 Å². The van der Waals surface area contributed by atoms with E-state index in [0.29, 0.717) is 6.42 Å². The van der Waals surface area contributed by atoms with Gasteiger partial charge in [0.05, 0.1) is 18.8 Å². The first-order chi connectivity index (χ1) is 39.4. The second-order valence-electron chi connectivity index (χ2n) is 26.4. The number of aliphatic hydroxyl groups is 2. The van der Waals surface area contributed by atoms with E-state index in [0.717, 1.165) is 14.7 Å². The minimum absolute atomic E-state index is 0.0129. The van der Waals surface area contributed by atoms with Crippen molar-refractivity contribution in [2.45, 2.75) is 223 Å². The predicted octanol–water partition coefficient (Wildman–Crippen LogP) is 2.62. The molecule has 24 heteroatoms. The third-order valence-electron chi connectivity index (χ3n) is 16.3. The number of carbonyl (C=O) groups excluding carboxylic acids is 11. The van der Waals surface area contributed by atoms with Gasteiger partial charge in [-0.05, 0) is 94.8 Å². The van der Waals surface area contributed by atoms with Crippen molar-refractivity contribution in [1.82, 2.24) is 50.2 Å². The standard InChI is InChI=1S/C62H113N11O13/c1-26-28-29-38(11)51(76)50(55(80)65-43(27-2)58(83)67(19)33-47(75)71(23)49(42(15)74)52(63)77)73(25)61(86)48(37(9)10)72(24)60(85)46(32-36(7)8)70(22)59(84)45(31-35(5)6)69(21)57(82)40(13)64-54(79)44(30-34(3)4)66-53(78)41(14)68(20)56(81)39(12)62(16,17)18/h26,28,34-46,48-51,74,76H,27,29-33H2,1-25H3,(H2,63,77)(H,64,79)(H,65,80)(H,66,78)/b28-26+/t38-,39+,40+,41+,42+,43-,44+,45+,46-,48-,49?,50?,51+/m1/s1. The highest BCUT2D eigenvalue weighted by molar-refractivity contribution is 5.99. The summed E-state index contributed by atoms with van der Waals surface area (Å²) in [5, 5.41) is 30.3. The molecule has 0 rings (SSSR count). The maximum absolute atomic E-state index is 15.1. The molecule has 0 saturated heterocycles. The van der Waals surface area contributed by atoms with Gasteiger partial charge in [0.25, 0.3) is 0 Å². The van der Waals surface area contributed by atoms with Crippen LogP contribution in [0.1, 0.15) is 157 Å². The largest absolute Gasteiger partial charge is 0.391 e. The number of carbonyl (C=O) groups is 11. The van der Waals surface area contributed by atoms with Gasteiger partial charge in [-0.1, -0.05) is 109 Å². The van der Waals surface area contributed by atoms with Crippen LogP contribution in [-0.4, -0.2) is 232 Å². The molecular weight excluding hydrogens is 1110 g/mol. The van der Waals surface area contributed by atoms with Crippen molar-refractivity contribution in [3.8, 4) is 0 Å². The van der Waals surface area contributed by atoms with Crippen LogP contribution >= 0.6 is 0 Å². The molecule has 0 radical (unpaired) electrons. The Kier molecular flexibility index (Phi) is 33.0. The zero-order valence-electron chi connectivity index (χ0n) is 56.8. The van der Waals surface area contributed by atoms with Crippen LogP contribution < -0.4 is 21.7 Å². The molecule has 494 valence electrons. The second kappa shape index (κ2) is 35.6. The van der Waals surface area contributed by atoms with Crippen LogP contribution in [0.15, 0.2) is 12.2 Å². The van der Waals surface area contributed by atoms with Crippen LogP contribution in [0.4, 0.5) is 0 Å². The van der Waals surface area contributed by atoms with Crippen molar-refractivity contribution in [3.05, 3.63) is 12.2 Å². The number of aliphatic hydroxyl groups excluding tert-OH is 2. The number of amides is 11. The van der Waals surface area contributed by atoms with E-state index in [1.165, 1.54) is 75.7 Å². The Morgan fingerprint density at radius 1 is 0.512 bits per heavy atom. The van der Waals surface area contributed by atoms with Crippen molar-refractivity contribution in [2.24, 2.45) is 46.7 Å². The van der Waals surface area contributed by atoms with Crippen LogP contribution in [0, 0.1) is 40.9 Å². The third kappa shape index (κ3) is 22.8. The van der Waals surface area contributed by atoms with Crippen molar-refractivity contribution < 1.29 is 63.0 Å². The predicted molar refractivity (Wildman–Crippen MR) is 332 cm³/mol. The average Bonchev–Trinajstić information content (AvgIpc) is 1.55. The number of rotatable bonds is 34. The van der Waals surface area contributed by atoms with Gasteiger partial charge in [0.15, 0.2) is 0 Å². The summed E-state index contributed by atoms with van der Waals surface area (Å²) in [6.07, 6.45) is 1.53. The topological polar surface area (TPSA) is 313 Å². The average molecular weight is 1220 g/mol. The van der Waals surface area contributed by atoms with Gasteiger partial charge < -0.3 is 66.2 Å². The fraction of sp³-hybridized carbons (Fsp3) is 0.790. The highest BCUT2D eigenvalue weighted by Gasteiger charge is 2.45. The zero-order chi connectivity index (χ0) is 67.5. The quantitative estimate of drug-likeness (QED) is 0.0506. The molecule has 0 fully saturated rings. The second-order valence-corrected chi connectivity index (χ2v) is 26.4. The summed E-state index contributed by atoms with van der Waals surface area (Å²) in [5.41, 5.74) is 5.06. The fourth-order valence-corrected chi connectivity index (χ4v) is 10.1. The highest BCUT2D eigenvalue weighted by atomic mass is 16.3. The summed E-state index contributed by atoms with van der Waals surface area (Å²) in [6, 6.07) is -11.1. The Bertz CT molecular complexity index is 2340. The molecule has 0 heterocycles. The van der Waals surface area contributed by atoms with Crippen molar-refractivity contribution in [1.29, 1.82) is 0 Å². The highest BCUT2D eigenvalue weighted by Crippen LogP contribution is 2.28. The molecule has 0 aliphatic rings. The van der Waals surface area contributed by atoms with Crippen LogP contribution in [0.25, 0.3) is 0 Å². The van der Waals surface area contributed by atoms with Crippen LogP contribution in [0.5, 0.6) is 0 Å². The smallest absolute Gasteiger partial charge is 0.246 e. The Morgan fingerprint density at radius 3 is 1.38 bits per heavy atom. The molecule has 2 unspecified atom stereocenters. The van der Waals surface area contributed by atoms with Gasteiger partial charge in [-0.25, -0.2) is 0 Å². The molecule has 0 aromatic carbocycles.